The van der Waals surface area contributed by atoms with Crippen LogP contribution in [-0.4, -0.2) is 92.1 Å². The van der Waals surface area contributed by atoms with Gasteiger partial charge < -0.3 is 30.2 Å². The van der Waals surface area contributed by atoms with Crippen molar-refractivity contribution in [2.45, 2.75) is 0 Å². The third-order valence-corrected chi connectivity index (χ3v) is 2.30. The second-order valence-electron chi connectivity index (χ2n) is 4.30. The topological polar surface area (TPSA) is 190 Å². The zero-order valence-electron chi connectivity index (χ0n) is 12.1. The van der Waals surface area contributed by atoms with Crippen LogP contribution >= 0.6 is 0 Å². The summed E-state index contributed by atoms with van der Waals surface area (Å²) in [6, 6.07) is 0. The van der Waals surface area contributed by atoms with Gasteiger partial charge in [-0.1, -0.05) is 0 Å². The molecule has 0 aliphatic rings. The average molecular weight is 346 g/mol. The lowest BCUT2D eigenvalue weighted by molar-refractivity contribution is -0.148. The average Bonchev–Trinajstić information content (AvgIpc) is 2.40. The van der Waals surface area contributed by atoms with Crippen LogP contribution < -0.4 is 0 Å². The van der Waals surface area contributed by atoms with E-state index in [9.17, 15) is 28.8 Å². The van der Waals surface area contributed by atoms with Crippen LogP contribution in [0.4, 0.5) is 0 Å². The molecule has 0 saturated heterocycles. The largest absolute Gasteiger partial charge is 0.480 e. The Balaban J connectivity index is 5.07. The second-order valence-corrected chi connectivity index (χ2v) is 4.30. The van der Waals surface area contributed by atoms with Crippen LogP contribution in [0, 0.1) is 0 Å². The minimum atomic E-state index is -1.48. The fourth-order valence-electron chi connectivity index (χ4n) is 1.43. The number of carbonyl (C=O) groups is 6. The standard InChI is InChI=1S/C12H14N2O10/c15-7(13(3-9(17)18)4-10(19)20)1-2-8(16)14(5-11(21)22)6-12(23)24/h1-2H,3-6H2,(H,17,18)(H,19,20)(H,21,22)(H,23,24)/b2-1-. The SMILES string of the molecule is O=C(O)CN(CC(=O)O)C(=O)/C=C\C(=O)N(CC(=O)O)CC(=O)O. The number of carbonyl (C=O) groups excluding carboxylic acids is 2. The molecule has 0 aliphatic heterocycles. The van der Waals surface area contributed by atoms with Crippen molar-refractivity contribution in [2.24, 2.45) is 0 Å². The Morgan fingerprint density at radius 2 is 0.750 bits per heavy atom. The maximum atomic E-state index is 11.7. The van der Waals surface area contributed by atoms with Crippen LogP contribution in [0.1, 0.15) is 0 Å². The van der Waals surface area contributed by atoms with Crippen molar-refractivity contribution in [3.63, 3.8) is 0 Å². The lowest BCUT2D eigenvalue weighted by Gasteiger charge is -2.17. The van der Waals surface area contributed by atoms with Crippen LogP contribution in [0.5, 0.6) is 0 Å². The molecule has 0 aliphatic carbocycles. The molecule has 0 spiro atoms. The molecule has 12 nitrogen and oxygen atoms in total. The molecule has 132 valence electrons. The van der Waals surface area contributed by atoms with E-state index in [1.54, 1.807) is 0 Å². The molecule has 2 amide bonds. The summed E-state index contributed by atoms with van der Waals surface area (Å²) < 4.78 is 0. The molecule has 0 heterocycles. The molecule has 0 aromatic rings. The molecule has 12 heteroatoms. The number of carboxylic acid groups (broad SMARTS) is 4. The third-order valence-electron chi connectivity index (χ3n) is 2.30. The van der Waals surface area contributed by atoms with Crippen molar-refractivity contribution in [1.82, 2.24) is 9.80 Å². The maximum absolute atomic E-state index is 11.7. The maximum Gasteiger partial charge on any atom is 0.323 e. The van der Waals surface area contributed by atoms with Crippen molar-refractivity contribution < 1.29 is 49.2 Å². The predicted octanol–water partition coefficient (Wildman–Crippen LogP) is -2.46. The summed E-state index contributed by atoms with van der Waals surface area (Å²) >= 11 is 0. The summed E-state index contributed by atoms with van der Waals surface area (Å²) in [5.74, 6) is -8.19. The molecular formula is C12H14N2O10. The van der Waals surface area contributed by atoms with E-state index in [0.717, 1.165) is 0 Å². The van der Waals surface area contributed by atoms with Gasteiger partial charge in [0.2, 0.25) is 11.8 Å². The highest BCUT2D eigenvalue weighted by Gasteiger charge is 2.20. The quantitative estimate of drug-likeness (QED) is 0.308. The number of hydrogen-bond donors (Lipinski definition) is 4. The Hall–Kier alpha value is -3.44. The molecule has 0 unspecified atom stereocenters. The lowest BCUT2D eigenvalue weighted by atomic mass is 10.3. The van der Waals surface area contributed by atoms with Gasteiger partial charge in [0.1, 0.15) is 26.2 Å². The highest BCUT2D eigenvalue weighted by molar-refractivity contribution is 5.99. The summed E-state index contributed by atoms with van der Waals surface area (Å²) in [7, 11) is 0. The van der Waals surface area contributed by atoms with E-state index in [0.29, 0.717) is 22.0 Å². The fourth-order valence-corrected chi connectivity index (χ4v) is 1.43. The van der Waals surface area contributed by atoms with Crippen LogP contribution in [-0.2, 0) is 28.8 Å². The van der Waals surface area contributed by atoms with Gasteiger partial charge in [-0.05, 0) is 0 Å². The molecule has 0 bridgehead atoms. The van der Waals surface area contributed by atoms with Crippen molar-refractivity contribution >= 4 is 35.7 Å². The Morgan fingerprint density at radius 3 is 0.917 bits per heavy atom. The number of hydrogen-bond acceptors (Lipinski definition) is 6. The molecule has 0 atom stereocenters. The zero-order chi connectivity index (χ0) is 18.9. The highest BCUT2D eigenvalue weighted by atomic mass is 16.4. The Bertz CT molecular complexity index is 500. The van der Waals surface area contributed by atoms with Crippen LogP contribution in [0.3, 0.4) is 0 Å². The molecule has 4 N–H and O–H groups in total. The molecule has 0 aromatic carbocycles. The Morgan fingerprint density at radius 1 is 0.542 bits per heavy atom. The van der Waals surface area contributed by atoms with Gasteiger partial charge in [-0.3, -0.25) is 28.8 Å². The van der Waals surface area contributed by atoms with Crippen molar-refractivity contribution in [3.05, 3.63) is 12.2 Å². The van der Waals surface area contributed by atoms with Crippen LogP contribution in [0.25, 0.3) is 0 Å². The molecule has 0 saturated carbocycles. The lowest BCUT2D eigenvalue weighted by Crippen LogP contribution is -2.40. The van der Waals surface area contributed by atoms with Gasteiger partial charge in [-0.15, -0.1) is 0 Å². The van der Waals surface area contributed by atoms with Crippen molar-refractivity contribution in [3.8, 4) is 0 Å². The normalized spacial score (nSPS) is 10.2. The van der Waals surface area contributed by atoms with Gasteiger partial charge in [-0.25, -0.2) is 0 Å². The van der Waals surface area contributed by atoms with E-state index < -0.39 is 61.9 Å². The van der Waals surface area contributed by atoms with Crippen LogP contribution in [0.15, 0.2) is 12.2 Å². The fraction of sp³-hybridized carbons (Fsp3) is 0.333. The third kappa shape index (κ3) is 8.76. The zero-order valence-corrected chi connectivity index (χ0v) is 12.1. The Kier molecular flexibility index (Phi) is 8.18. The van der Waals surface area contributed by atoms with Gasteiger partial charge in [0.15, 0.2) is 0 Å². The van der Waals surface area contributed by atoms with Gasteiger partial charge in [0, 0.05) is 12.2 Å². The molecule has 0 aromatic heterocycles. The number of carboxylic acids is 4. The first-order valence-corrected chi connectivity index (χ1v) is 6.16. The van der Waals surface area contributed by atoms with Gasteiger partial charge in [0.05, 0.1) is 0 Å². The van der Waals surface area contributed by atoms with Crippen molar-refractivity contribution in [1.29, 1.82) is 0 Å². The monoisotopic (exact) mass is 346 g/mol. The first-order valence-electron chi connectivity index (χ1n) is 6.16. The summed E-state index contributed by atoms with van der Waals surface area (Å²) in [5, 5.41) is 34.4. The summed E-state index contributed by atoms with van der Waals surface area (Å²) in [6.45, 7) is -3.73. The van der Waals surface area contributed by atoms with Crippen LogP contribution in [0.2, 0.25) is 0 Å². The van der Waals surface area contributed by atoms with E-state index in [4.69, 9.17) is 20.4 Å². The minimum absolute atomic E-state index is 0.410. The van der Waals surface area contributed by atoms with E-state index in [2.05, 4.69) is 0 Å². The first kappa shape index (κ1) is 20.6. The minimum Gasteiger partial charge on any atom is -0.480 e. The second kappa shape index (κ2) is 9.55. The number of nitrogens with zero attached hydrogens (tertiary/aromatic N) is 2. The van der Waals surface area contributed by atoms with Gasteiger partial charge >= 0.3 is 23.9 Å². The van der Waals surface area contributed by atoms with Gasteiger partial charge in [-0.2, -0.15) is 0 Å². The molecule has 0 fully saturated rings. The first-order chi connectivity index (χ1) is 11.0. The van der Waals surface area contributed by atoms with E-state index in [1.165, 1.54) is 0 Å². The molecule has 0 radical (unpaired) electrons. The Labute approximate surface area is 134 Å². The van der Waals surface area contributed by atoms with Gasteiger partial charge in [0.25, 0.3) is 0 Å². The number of amides is 2. The summed E-state index contributed by atoms with van der Waals surface area (Å²) in [5.41, 5.74) is 0. The molecular weight excluding hydrogens is 332 g/mol. The van der Waals surface area contributed by atoms with Crippen molar-refractivity contribution in [2.75, 3.05) is 26.2 Å². The van der Waals surface area contributed by atoms with E-state index in [-0.39, 0.29) is 0 Å². The predicted molar refractivity (Wildman–Crippen MR) is 72.8 cm³/mol. The van der Waals surface area contributed by atoms with E-state index in [1.807, 2.05) is 0 Å². The summed E-state index contributed by atoms with van der Waals surface area (Å²) in [4.78, 5) is 66.5. The molecule has 0 rings (SSSR count). The smallest absolute Gasteiger partial charge is 0.323 e. The highest BCUT2D eigenvalue weighted by Crippen LogP contribution is 1.96. The number of aliphatic carboxylic acids is 4. The number of rotatable bonds is 10. The molecule has 24 heavy (non-hydrogen) atoms. The summed E-state index contributed by atoms with van der Waals surface area (Å²) in [6.07, 6.45) is 1.07. The van der Waals surface area contributed by atoms with E-state index >= 15 is 0 Å².